The lowest BCUT2D eigenvalue weighted by molar-refractivity contribution is -0.122. The van der Waals surface area contributed by atoms with Gasteiger partial charge in [0.2, 0.25) is 5.91 Å². The summed E-state index contributed by atoms with van der Waals surface area (Å²) < 4.78 is 5.16. The fourth-order valence-corrected chi connectivity index (χ4v) is 2.44. The maximum absolute atomic E-state index is 11.9. The highest BCUT2D eigenvalue weighted by atomic mass is 35.5. The topological polar surface area (TPSA) is 62.5 Å². The maximum atomic E-state index is 11.9. The fraction of sp³-hybridized carbons (Fsp3) is 0.312. The van der Waals surface area contributed by atoms with Crippen molar-refractivity contribution in [3.8, 4) is 0 Å². The standard InChI is InChI=1S/C16H17Cl2NO3/c1-16(21,13-6-3-9-22-13)10-19-14(20)8-7-11-4-2-5-12(17)15(11)18/h2-6,9,21H,7-8,10H2,1H3,(H,19,20). The molecule has 22 heavy (non-hydrogen) atoms. The molecule has 2 aromatic rings. The van der Waals surface area contributed by atoms with Crippen molar-refractivity contribution < 1.29 is 14.3 Å². The quantitative estimate of drug-likeness (QED) is 0.844. The molecule has 0 bridgehead atoms. The zero-order valence-electron chi connectivity index (χ0n) is 12.1. The van der Waals surface area contributed by atoms with Gasteiger partial charge in [-0.05, 0) is 37.1 Å². The molecule has 4 nitrogen and oxygen atoms in total. The Kier molecular flexibility index (Phi) is 5.51. The molecule has 0 aliphatic carbocycles. The fourth-order valence-electron chi connectivity index (χ4n) is 2.02. The highest BCUT2D eigenvalue weighted by Gasteiger charge is 2.26. The first-order chi connectivity index (χ1) is 10.4. The van der Waals surface area contributed by atoms with Crippen LogP contribution in [0.3, 0.4) is 0 Å². The minimum absolute atomic E-state index is 0.0720. The van der Waals surface area contributed by atoms with Crippen molar-refractivity contribution in [2.75, 3.05) is 6.54 Å². The molecule has 1 atom stereocenters. The first kappa shape index (κ1) is 16.9. The van der Waals surface area contributed by atoms with Gasteiger partial charge in [0.1, 0.15) is 11.4 Å². The summed E-state index contributed by atoms with van der Waals surface area (Å²) in [4.78, 5) is 11.9. The summed E-state index contributed by atoms with van der Waals surface area (Å²) in [5.74, 6) is 0.230. The predicted octanol–water partition coefficient (Wildman–Crippen LogP) is 3.54. The Bertz CT molecular complexity index is 639. The number of benzene rings is 1. The van der Waals surface area contributed by atoms with Gasteiger partial charge in [-0.25, -0.2) is 0 Å². The number of furan rings is 1. The van der Waals surface area contributed by atoms with Crippen LogP contribution >= 0.6 is 23.2 Å². The van der Waals surface area contributed by atoms with Crippen LogP contribution in [0.1, 0.15) is 24.7 Å². The zero-order chi connectivity index (χ0) is 16.2. The third-order valence-corrected chi connectivity index (χ3v) is 4.19. The molecule has 0 radical (unpaired) electrons. The van der Waals surface area contributed by atoms with E-state index in [1.807, 2.05) is 6.07 Å². The van der Waals surface area contributed by atoms with E-state index >= 15 is 0 Å². The van der Waals surface area contributed by atoms with Crippen LogP contribution in [-0.2, 0) is 16.8 Å². The minimum Gasteiger partial charge on any atom is -0.466 e. The number of hydrogen-bond donors (Lipinski definition) is 2. The van der Waals surface area contributed by atoms with E-state index < -0.39 is 5.60 Å². The van der Waals surface area contributed by atoms with Gasteiger partial charge in [0.25, 0.3) is 0 Å². The molecular weight excluding hydrogens is 325 g/mol. The number of rotatable bonds is 6. The van der Waals surface area contributed by atoms with Gasteiger partial charge in [-0.2, -0.15) is 0 Å². The average molecular weight is 342 g/mol. The van der Waals surface area contributed by atoms with E-state index in [9.17, 15) is 9.90 Å². The van der Waals surface area contributed by atoms with E-state index in [0.717, 1.165) is 5.56 Å². The Morgan fingerprint density at radius 1 is 1.32 bits per heavy atom. The van der Waals surface area contributed by atoms with Crippen LogP contribution in [0.2, 0.25) is 10.0 Å². The molecule has 1 aromatic carbocycles. The second kappa shape index (κ2) is 7.18. The number of nitrogens with one attached hydrogen (secondary N) is 1. The Morgan fingerprint density at radius 3 is 2.77 bits per heavy atom. The van der Waals surface area contributed by atoms with E-state index in [-0.39, 0.29) is 18.9 Å². The Balaban J connectivity index is 1.85. The van der Waals surface area contributed by atoms with E-state index in [1.54, 1.807) is 31.2 Å². The second-order valence-electron chi connectivity index (χ2n) is 5.24. The van der Waals surface area contributed by atoms with Crippen LogP contribution in [0, 0.1) is 0 Å². The van der Waals surface area contributed by atoms with E-state index in [1.165, 1.54) is 6.26 Å². The smallest absolute Gasteiger partial charge is 0.220 e. The molecule has 1 heterocycles. The number of aryl methyl sites for hydroxylation is 1. The van der Waals surface area contributed by atoms with Crippen molar-refractivity contribution in [3.05, 3.63) is 58.0 Å². The summed E-state index contributed by atoms with van der Waals surface area (Å²) >= 11 is 12.0. The molecule has 0 saturated heterocycles. The van der Waals surface area contributed by atoms with Gasteiger partial charge in [0.05, 0.1) is 22.9 Å². The Hall–Kier alpha value is -1.49. The van der Waals surface area contributed by atoms with Crippen LogP contribution in [0.25, 0.3) is 0 Å². The summed E-state index contributed by atoms with van der Waals surface area (Å²) in [5, 5.41) is 13.9. The third-order valence-electron chi connectivity index (χ3n) is 3.33. The van der Waals surface area contributed by atoms with Gasteiger partial charge in [-0.1, -0.05) is 35.3 Å². The summed E-state index contributed by atoms with van der Waals surface area (Å²) in [6.07, 6.45) is 2.22. The van der Waals surface area contributed by atoms with Gasteiger partial charge in [-0.15, -0.1) is 0 Å². The molecule has 1 amide bonds. The number of carbonyl (C=O) groups excluding carboxylic acids is 1. The number of carbonyl (C=O) groups is 1. The van der Waals surface area contributed by atoms with Crippen LogP contribution < -0.4 is 5.32 Å². The number of hydrogen-bond acceptors (Lipinski definition) is 3. The summed E-state index contributed by atoms with van der Waals surface area (Å²) in [5.41, 5.74) is -0.422. The highest BCUT2D eigenvalue weighted by molar-refractivity contribution is 6.42. The Morgan fingerprint density at radius 2 is 2.09 bits per heavy atom. The van der Waals surface area contributed by atoms with Crippen LogP contribution in [0.15, 0.2) is 41.0 Å². The van der Waals surface area contributed by atoms with Gasteiger partial charge in [-0.3, -0.25) is 4.79 Å². The molecule has 0 spiro atoms. The van der Waals surface area contributed by atoms with Gasteiger partial charge in [0.15, 0.2) is 0 Å². The van der Waals surface area contributed by atoms with E-state index in [2.05, 4.69) is 5.32 Å². The molecule has 118 valence electrons. The lowest BCUT2D eigenvalue weighted by atomic mass is 10.0. The third kappa shape index (κ3) is 4.26. The van der Waals surface area contributed by atoms with Crippen molar-refractivity contribution in [1.29, 1.82) is 0 Å². The monoisotopic (exact) mass is 341 g/mol. The van der Waals surface area contributed by atoms with Crippen LogP contribution in [0.4, 0.5) is 0 Å². The van der Waals surface area contributed by atoms with E-state index in [4.69, 9.17) is 27.6 Å². The normalized spacial score (nSPS) is 13.6. The van der Waals surface area contributed by atoms with Crippen molar-refractivity contribution in [2.45, 2.75) is 25.4 Å². The predicted molar refractivity (Wildman–Crippen MR) is 86.1 cm³/mol. The molecule has 0 aliphatic heterocycles. The first-order valence-electron chi connectivity index (χ1n) is 6.86. The van der Waals surface area contributed by atoms with Crippen molar-refractivity contribution in [2.24, 2.45) is 0 Å². The zero-order valence-corrected chi connectivity index (χ0v) is 13.6. The molecule has 0 fully saturated rings. The first-order valence-corrected chi connectivity index (χ1v) is 7.62. The summed E-state index contributed by atoms with van der Waals surface area (Å²) in [6.45, 7) is 1.66. The lowest BCUT2D eigenvalue weighted by Gasteiger charge is -2.21. The second-order valence-corrected chi connectivity index (χ2v) is 6.03. The van der Waals surface area contributed by atoms with Gasteiger partial charge < -0.3 is 14.8 Å². The molecule has 0 aliphatic rings. The SMILES string of the molecule is CC(O)(CNC(=O)CCc1cccc(Cl)c1Cl)c1ccco1. The molecule has 6 heteroatoms. The Labute approximate surface area is 139 Å². The number of aliphatic hydroxyl groups is 1. The summed E-state index contributed by atoms with van der Waals surface area (Å²) in [6, 6.07) is 8.68. The van der Waals surface area contributed by atoms with Gasteiger partial charge in [0, 0.05) is 6.42 Å². The largest absolute Gasteiger partial charge is 0.466 e. The molecule has 1 aromatic heterocycles. The van der Waals surface area contributed by atoms with Crippen LogP contribution in [0.5, 0.6) is 0 Å². The highest BCUT2D eigenvalue weighted by Crippen LogP contribution is 2.26. The summed E-state index contributed by atoms with van der Waals surface area (Å²) in [7, 11) is 0. The molecule has 2 rings (SSSR count). The van der Waals surface area contributed by atoms with Crippen molar-refractivity contribution >= 4 is 29.1 Å². The van der Waals surface area contributed by atoms with Crippen molar-refractivity contribution in [1.82, 2.24) is 5.32 Å². The lowest BCUT2D eigenvalue weighted by Crippen LogP contribution is -2.38. The maximum Gasteiger partial charge on any atom is 0.220 e. The molecular formula is C16H17Cl2NO3. The molecule has 0 saturated carbocycles. The average Bonchev–Trinajstić information content (AvgIpc) is 3.02. The van der Waals surface area contributed by atoms with E-state index in [0.29, 0.717) is 22.2 Å². The number of halogens is 2. The van der Waals surface area contributed by atoms with Gasteiger partial charge >= 0.3 is 0 Å². The minimum atomic E-state index is -1.24. The van der Waals surface area contributed by atoms with Crippen LogP contribution in [-0.4, -0.2) is 17.6 Å². The molecule has 1 unspecified atom stereocenters. The van der Waals surface area contributed by atoms with Crippen molar-refractivity contribution in [3.63, 3.8) is 0 Å². The molecule has 2 N–H and O–H groups in total. The number of amides is 1.